The summed E-state index contributed by atoms with van der Waals surface area (Å²) in [4.78, 5) is 81.8. The molecule has 0 heterocycles. The van der Waals surface area contributed by atoms with Gasteiger partial charge in [-0.15, -0.1) is 0 Å². The third-order valence-corrected chi connectivity index (χ3v) is 6.68. The molecule has 0 aliphatic carbocycles. The summed E-state index contributed by atoms with van der Waals surface area (Å²) in [5.74, 6) is -4.72. The molecule has 13 nitrogen and oxygen atoms in total. The predicted molar refractivity (Wildman–Crippen MR) is 151 cm³/mol. The van der Waals surface area contributed by atoms with Gasteiger partial charge in [0.1, 0.15) is 24.0 Å². The van der Waals surface area contributed by atoms with Crippen molar-refractivity contribution in [2.45, 2.75) is 134 Å². The van der Waals surface area contributed by atoms with Gasteiger partial charge in [-0.3, -0.25) is 28.8 Å². The van der Waals surface area contributed by atoms with E-state index in [0.717, 1.165) is 25.7 Å². The van der Waals surface area contributed by atoms with Gasteiger partial charge in [-0.2, -0.15) is 0 Å². The Morgan fingerprint density at radius 2 is 1.31 bits per heavy atom. The molecule has 0 aromatic heterocycles. The molecule has 0 aliphatic heterocycles. The zero-order valence-corrected chi connectivity index (χ0v) is 24.7. The predicted octanol–water partition coefficient (Wildman–Crippen LogP) is 3.06. The van der Waals surface area contributed by atoms with Gasteiger partial charge in [0.15, 0.2) is 0 Å². The van der Waals surface area contributed by atoms with Gasteiger partial charge in [0.05, 0.1) is 6.61 Å². The lowest BCUT2D eigenvalue weighted by Crippen LogP contribution is -2.52. The Hall–Kier alpha value is -3.51. The molecule has 3 atom stereocenters. The van der Waals surface area contributed by atoms with Crippen LogP contribution in [0.4, 0.5) is 0 Å². The van der Waals surface area contributed by atoms with E-state index in [4.69, 9.17) is 9.84 Å². The van der Waals surface area contributed by atoms with E-state index in [1.807, 2.05) is 0 Å². The summed E-state index contributed by atoms with van der Waals surface area (Å²) in [6.45, 7) is 2.42. The Bertz CT molecular complexity index is 834. The minimum atomic E-state index is -1.54. The summed E-state index contributed by atoms with van der Waals surface area (Å²) in [6.07, 6.45) is 9.50. The Balaban J connectivity index is 5.00. The van der Waals surface area contributed by atoms with E-state index >= 15 is 0 Å². The van der Waals surface area contributed by atoms with E-state index in [0.29, 0.717) is 6.42 Å². The molecule has 0 bridgehead atoms. The summed E-state index contributed by atoms with van der Waals surface area (Å²) in [5, 5.41) is 22.9. The van der Waals surface area contributed by atoms with Gasteiger partial charge in [-0.05, 0) is 12.8 Å². The van der Waals surface area contributed by atoms with Crippen molar-refractivity contribution < 1.29 is 53.2 Å². The van der Waals surface area contributed by atoms with Crippen molar-refractivity contribution in [3.8, 4) is 0 Å². The summed E-state index contributed by atoms with van der Waals surface area (Å²) in [6, 6.07) is -2.96. The molecule has 0 rings (SSSR count). The lowest BCUT2D eigenvalue weighted by atomic mass is 10.0. The largest absolute Gasteiger partial charge is 0.481 e. The molecule has 4 N–H and O–H groups in total. The van der Waals surface area contributed by atoms with E-state index in [-0.39, 0.29) is 38.8 Å². The molecule has 0 aromatic rings. The van der Waals surface area contributed by atoms with E-state index < -0.39 is 67.0 Å². The highest BCUT2D eigenvalue weighted by molar-refractivity contribution is 5.94. The van der Waals surface area contributed by atoms with E-state index in [1.54, 1.807) is 0 Å². The molecule has 240 valence electrons. The topological polar surface area (TPSA) is 202 Å². The standard InChI is InChI=1S/C29H48N2O11/c1-2-3-4-5-6-7-8-9-10-11-12-13-26(35)30-25(28(38)31-24(29(39)40)14-15-27(36)37)19-22(34)18-23(42-21-33)16-17-41-20-32/h20-21,23-25H,2-19H2,1H3,(H,30,35)(H,31,38)(H,36,37)(H,39,40)/t23-,24?,25?/m1/s1. The van der Waals surface area contributed by atoms with Gasteiger partial charge in [0.25, 0.3) is 12.9 Å². The second-order valence-electron chi connectivity index (χ2n) is 10.3. The number of carboxylic acids is 2. The number of ketones is 1. The summed E-state index contributed by atoms with van der Waals surface area (Å²) >= 11 is 0. The molecule has 42 heavy (non-hydrogen) atoms. The van der Waals surface area contributed by atoms with Crippen LogP contribution < -0.4 is 10.6 Å². The Morgan fingerprint density at radius 3 is 1.83 bits per heavy atom. The second kappa shape index (κ2) is 25.2. The third kappa shape index (κ3) is 21.3. The Morgan fingerprint density at radius 1 is 0.714 bits per heavy atom. The van der Waals surface area contributed by atoms with Gasteiger partial charge < -0.3 is 30.3 Å². The van der Waals surface area contributed by atoms with Crippen LogP contribution in [0.3, 0.4) is 0 Å². The first kappa shape index (κ1) is 38.5. The zero-order chi connectivity index (χ0) is 31.6. The lowest BCUT2D eigenvalue weighted by Gasteiger charge is -2.22. The molecule has 2 unspecified atom stereocenters. The third-order valence-electron chi connectivity index (χ3n) is 6.68. The molecule has 0 aliphatic rings. The molecule has 0 fully saturated rings. The number of hydrogen-bond donors (Lipinski definition) is 4. The molecule has 0 saturated carbocycles. The first-order valence-electron chi connectivity index (χ1n) is 14.8. The minimum absolute atomic E-state index is 0.0293. The second-order valence-corrected chi connectivity index (χ2v) is 10.3. The van der Waals surface area contributed by atoms with Gasteiger partial charge >= 0.3 is 11.9 Å². The lowest BCUT2D eigenvalue weighted by molar-refractivity contribution is -0.143. The maximum Gasteiger partial charge on any atom is 0.326 e. The molecule has 0 aromatic carbocycles. The quantitative estimate of drug-likeness (QED) is 0.0726. The van der Waals surface area contributed by atoms with Crippen molar-refractivity contribution in [1.29, 1.82) is 0 Å². The number of carboxylic acid groups (broad SMARTS) is 2. The number of rotatable bonds is 29. The fourth-order valence-electron chi connectivity index (χ4n) is 4.33. The summed E-state index contributed by atoms with van der Waals surface area (Å²) < 4.78 is 9.39. The van der Waals surface area contributed by atoms with E-state index in [2.05, 4.69) is 22.3 Å². The van der Waals surface area contributed by atoms with Crippen LogP contribution in [0.15, 0.2) is 0 Å². The first-order chi connectivity index (χ1) is 20.1. The van der Waals surface area contributed by atoms with E-state index in [1.165, 1.54) is 38.5 Å². The van der Waals surface area contributed by atoms with Crippen LogP contribution in [0, 0.1) is 0 Å². The molecular weight excluding hydrogens is 552 g/mol. The first-order valence-corrected chi connectivity index (χ1v) is 14.8. The molecule has 13 heteroatoms. The van der Waals surface area contributed by atoms with E-state index in [9.17, 15) is 38.7 Å². The number of amides is 2. The van der Waals surface area contributed by atoms with Gasteiger partial charge in [-0.25, -0.2) is 4.79 Å². The van der Waals surface area contributed by atoms with Crippen molar-refractivity contribution in [3.63, 3.8) is 0 Å². The maximum absolute atomic E-state index is 12.9. The van der Waals surface area contributed by atoms with Crippen LogP contribution >= 0.6 is 0 Å². The summed E-state index contributed by atoms with van der Waals surface area (Å²) in [5.41, 5.74) is 0. The van der Waals surface area contributed by atoms with Crippen molar-refractivity contribution in [2.75, 3.05) is 6.61 Å². The average Bonchev–Trinajstić information content (AvgIpc) is 2.93. The summed E-state index contributed by atoms with van der Waals surface area (Å²) in [7, 11) is 0. The fraction of sp³-hybridized carbons (Fsp3) is 0.759. The zero-order valence-electron chi connectivity index (χ0n) is 24.7. The van der Waals surface area contributed by atoms with Gasteiger partial charge in [0, 0.05) is 32.1 Å². The van der Waals surface area contributed by atoms with Gasteiger partial charge in [-0.1, -0.05) is 71.1 Å². The number of hydrogen-bond acceptors (Lipinski definition) is 9. The smallest absolute Gasteiger partial charge is 0.326 e. The number of carbonyl (C=O) groups is 7. The highest BCUT2D eigenvalue weighted by Crippen LogP contribution is 2.13. The molecule has 0 spiro atoms. The number of nitrogens with one attached hydrogen (secondary N) is 2. The SMILES string of the molecule is CCCCCCCCCCCCCC(=O)NC(CC(=O)C[C@@H](CCOC=O)OC=O)C(=O)NC(CCC(=O)O)C(=O)O. The monoisotopic (exact) mass is 600 g/mol. The Kier molecular flexibility index (Phi) is 23.1. The van der Waals surface area contributed by atoms with Crippen molar-refractivity contribution in [3.05, 3.63) is 0 Å². The van der Waals surface area contributed by atoms with Crippen LogP contribution in [0.1, 0.15) is 116 Å². The van der Waals surface area contributed by atoms with Crippen molar-refractivity contribution in [1.82, 2.24) is 10.6 Å². The molecule has 2 amide bonds. The molecular formula is C29H48N2O11. The number of carbonyl (C=O) groups excluding carboxylic acids is 5. The highest BCUT2D eigenvalue weighted by atomic mass is 16.5. The number of unbranched alkanes of at least 4 members (excludes halogenated alkanes) is 10. The van der Waals surface area contributed by atoms with Crippen LogP contribution in [-0.2, 0) is 43.0 Å². The highest BCUT2D eigenvalue weighted by Gasteiger charge is 2.29. The van der Waals surface area contributed by atoms with Crippen molar-refractivity contribution >= 4 is 42.5 Å². The van der Waals surface area contributed by atoms with Gasteiger partial charge in [0.2, 0.25) is 11.8 Å². The fourth-order valence-corrected chi connectivity index (χ4v) is 4.33. The number of aliphatic carboxylic acids is 2. The van der Waals surface area contributed by atoms with Crippen LogP contribution in [-0.4, -0.2) is 77.5 Å². The van der Waals surface area contributed by atoms with Crippen LogP contribution in [0.2, 0.25) is 0 Å². The van der Waals surface area contributed by atoms with Crippen LogP contribution in [0.25, 0.3) is 0 Å². The maximum atomic E-state index is 12.9. The average molecular weight is 601 g/mol. The number of ether oxygens (including phenoxy) is 2. The number of Topliss-reactive ketones (excluding diaryl/α,β-unsaturated/α-hetero) is 1. The normalized spacial score (nSPS) is 12.8. The minimum Gasteiger partial charge on any atom is -0.481 e. The molecule has 0 radical (unpaired) electrons. The van der Waals surface area contributed by atoms with Crippen molar-refractivity contribution in [2.24, 2.45) is 0 Å². The Labute approximate surface area is 247 Å². The van der Waals surface area contributed by atoms with Crippen LogP contribution in [0.5, 0.6) is 0 Å². The molecule has 0 saturated heterocycles.